The molecule has 2 nitrogen and oxygen atoms in total. The first kappa shape index (κ1) is 14.6. The van der Waals surface area contributed by atoms with Crippen molar-refractivity contribution in [2.24, 2.45) is 28.2 Å². The second-order valence-electron chi connectivity index (χ2n) is 7.05. The van der Waals surface area contributed by atoms with E-state index < -0.39 is 16.5 Å². The standard InChI is InChI=1S/C12H22N2.2ClH.Pt/c1-10-3-8-4-11(2,6-10)9(13)12(14,5-8)7-10;;;/h8-9H,3-7,13-14H2,1-2H3;2*1H;/q;;;+2/p-2/t8?,9?,10?,11-,12+;;;/m0.../s1. The van der Waals surface area contributed by atoms with E-state index in [1.807, 2.05) is 0 Å². The van der Waals surface area contributed by atoms with Crippen LogP contribution in [0.4, 0.5) is 0 Å². The van der Waals surface area contributed by atoms with Crippen LogP contribution < -0.4 is 11.5 Å². The second-order valence-corrected chi connectivity index (χ2v) is 10.3. The van der Waals surface area contributed by atoms with Crippen molar-refractivity contribution in [1.29, 1.82) is 0 Å². The minimum absolute atomic E-state index is 0.0388. The molecule has 104 valence electrons. The molecule has 5 heteroatoms. The van der Waals surface area contributed by atoms with Gasteiger partial charge in [0.25, 0.3) is 0 Å². The summed E-state index contributed by atoms with van der Waals surface area (Å²) in [7, 11) is 9.75. The van der Waals surface area contributed by atoms with Gasteiger partial charge in [0.2, 0.25) is 0 Å². The molecule has 4 rings (SSSR count). The molecule has 0 aromatic carbocycles. The molecule has 4 aliphatic carbocycles. The van der Waals surface area contributed by atoms with Gasteiger partial charge in [-0.3, -0.25) is 0 Å². The van der Waals surface area contributed by atoms with Crippen molar-refractivity contribution in [2.45, 2.75) is 57.5 Å². The third-order valence-corrected chi connectivity index (χ3v) is 5.16. The van der Waals surface area contributed by atoms with Crippen LogP contribution in [-0.4, -0.2) is 11.6 Å². The van der Waals surface area contributed by atoms with Gasteiger partial charge in [-0.25, -0.2) is 0 Å². The maximum absolute atomic E-state index is 6.51. The van der Waals surface area contributed by atoms with Crippen molar-refractivity contribution in [3.05, 3.63) is 0 Å². The molecule has 0 saturated heterocycles. The van der Waals surface area contributed by atoms with Crippen molar-refractivity contribution >= 4 is 18.8 Å². The van der Waals surface area contributed by atoms with E-state index in [-0.39, 0.29) is 11.6 Å². The van der Waals surface area contributed by atoms with E-state index in [0.29, 0.717) is 10.8 Å². The number of halogens is 2. The first-order valence-electron chi connectivity index (χ1n) is 6.14. The first-order chi connectivity index (χ1) is 7.77. The average molecular weight is 460 g/mol. The molecule has 4 aliphatic rings. The van der Waals surface area contributed by atoms with Crippen LogP contribution in [0.15, 0.2) is 0 Å². The Morgan fingerprint density at radius 3 is 2.18 bits per heavy atom. The Balaban J connectivity index is 0.000000329. The fraction of sp³-hybridized carbons (Fsp3) is 1.00. The Labute approximate surface area is 121 Å². The molecule has 4 saturated carbocycles. The third kappa shape index (κ3) is 2.46. The Morgan fingerprint density at radius 2 is 1.71 bits per heavy atom. The van der Waals surface area contributed by atoms with Gasteiger partial charge in [-0.15, -0.1) is 0 Å². The molecule has 4 N–H and O–H groups in total. The maximum atomic E-state index is 6.51. The fourth-order valence-corrected chi connectivity index (χ4v) is 5.40. The van der Waals surface area contributed by atoms with Crippen molar-refractivity contribution in [1.82, 2.24) is 0 Å². The van der Waals surface area contributed by atoms with Crippen molar-refractivity contribution < 1.29 is 16.5 Å². The number of hydrogen-bond acceptors (Lipinski definition) is 2. The molecule has 0 aromatic heterocycles. The summed E-state index contributed by atoms with van der Waals surface area (Å²) in [5.41, 5.74) is 13.7. The van der Waals surface area contributed by atoms with Gasteiger partial charge in [0.15, 0.2) is 0 Å². The summed E-state index contributed by atoms with van der Waals surface area (Å²) in [6.45, 7) is 4.78. The summed E-state index contributed by atoms with van der Waals surface area (Å²) in [6, 6.07) is 0.236. The summed E-state index contributed by atoms with van der Waals surface area (Å²) in [6.07, 6.45) is 6.36. The van der Waals surface area contributed by atoms with E-state index in [0.717, 1.165) is 12.3 Å². The molecular weight excluding hydrogens is 438 g/mol. The van der Waals surface area contributed by atoms with Crippen molar-refractivity contribution in [3.63, 3.8) is 0 Å². The van der Waals surface area contributed by atoms with E-state index in [1.165, 1.54) is 25.7 Å². The quantitative estimate of drug-likeness (QED) is 0.584. The van der Waals surface area contributed by atoms with E-state index in [4.69, 9.17) is 30.3 Å². The monoisotopic (exact) mass is 459 g/mol. The zero-order valence-corrected chi connectivity index (χ0v) is 14.2. The minimum atomic E-state index is -0.472. The van der Waals surface area contributed by atoms with Gasteiger partial charge in [-0.2, -0.15) is 0 Å². The average Bonchev–Trinajstić information content (AvgIpc) is 2.11. The Morgan fingerprint density at radius 1 is 1.12 bits per heavy atom. The molecule has 4 bridgehead atoms. The van der Waals surface area contributed by atoms with Crippen LogP contribution in [0.1, 0.15) is 46.0 Å². The van der Waals surface area contributed by atoms with E-state index in [9.17, 15) is 0 Å². The van der Waals surface area contributed by atoms with E-state index in [1.54, 1.807) is 0 Å². The van der Waals surface area contributed by atoms with Crippen LogP contribution in [0.3, 0.4) is 0 Å². The first-order valence-corrected chi connectivity index (χ1v) is 11.8. The van der Waals surface area contributed by atoms with E-state index in [2.05, 4.69) is 13.8 Å². The molecule has 17 heavy (non-hydrogen) atoms. The topological polar surface area (TPSA) is 52.0 Å². The predicted octanol–water partition coefficient (Wildman–Crippen LogP) is 3.01. The molecule has 3 unspecified atom stereocenters. The number of nitrogens with two attached hydrogens (primary N) is 2. The molecule has 0 radical (unpaired) electrons. The van der Waals surface area contributed by atoms with Gasteiger partial charge in [-0.1, -0.05) is 13.8 Å². The summed E-state index contributed by atoms with van der Waals surface area (Å²) in [5, 5.41) is 0. The molecule has 0 spiro atoms. The summed E-state index contributed by atoms with van der Waals surface area (Å²) in [4.78, 5) is 0. The Bertz CT molecular complexity index is 293. The number of rotatable bonds is 0. The SMILES string of the molecule is CC12CC3C[C@@](C)(C1)C(N)[C@@](N)(C3)C2.[Cl][Pt][Cl]. The fourth-order valence-electron chi connectivity index (χ4n) is 5.40. The van der Waals surface area contributed by atoms with Crippen LogP contribution in [0.2, 0.25) is 0 Å². The third-order valence-electron chi connectivity index (χ3n) is 5.16. The normalized spacial score (nSPS) is 55.6. The van der Waals surface area contributed by atoms with Gasteiger partial charge in [-0.05, 0) is 48.9 Å². The van der Waals surface area contributed by atoms with Crippen LogP contribution in [0.5, 0.6) is 0 Å². The Kier molecular flexibility index (Phi) is 3.98. The zero-order valence-electron chi connectivity index (χ0n) is 10.4. The van der Waals surface area contributed by atoms with E-state index >= 15 is 0 Å². The van der Waals surface area contributed by atoms with Gasteiger partial charge < -0.3 is 11.5 Å². The second kappa shape index (κ2) is 4.63. The molecule has 0 aliphatic heterocycles. The van der Waals surface area contributed by atoms with Gasteiger partial charge in [0.1, 0.15) is 0 Å². The summed E-state index contributed by atoms with van der Waals surface area (Å²) >= 11 is -0.472. The molecule has 0 amide bonds. The van der Waals surface area contributed by atoms with Crippen LogP contribution in [0.25, 0.3) is 0 Å². The Hall–Kier alpha value is 1.19. The van der Waals surface area contributed by atoms with Crippen molar-refractivity contribution in [3.8, 4) is 0 Å². The number of hydrogen-bond donors (Lipinski definition) is 2. The summed E-state index contributed by atoms with van der Waals surface area (Å²) < 4.78 is 0. The van der Waals surface area contributed by atoms with Crippen LogP contribution in [-0.2, 0) is 16.5 Å². The molecule has 0 aromatic rings. The van der Waals surface area contributed by atoms with Crippen LogP contribution >= 0.6 is 18.8 Å². The molecule has 0 heterocycles. The molecule has 4 fully saturated rings. The molecule has 5 atom stereocenters. The van der Waals surface area contributed by atoms with Gasteiger partial charge in [0, 0.05) is 11.6 Å². The zero-order chi connectivity index (χ0) is 12.9. The van der Waals surface area contributed by atoms with Crippen molar-refractivity contribution in [2.75, 3.05) is 0 Å². The van der Waals surface area contributed by atoms with Gasteiger partial charge >= 0.3 is 35.3 Å². The van der Waals surface area contributed by atoms with Gasteiger partial charge in [0.05, 0.1) is 0 Å². The summed E-state index contributed by atoms with van der Waals surface area (Å²) in [5.74, 6) is 0.859. The predicted molar refractivity (Wildman–Crippen MR) is 69.4 cm³/mol. The van der Waals surface area contributed by atoms with Crippen LogP contribution in [0, 0.1) is 16.7 Å². The molecular formula is C12H22Cl2N2Pt.